The van der Waals surface area contributed by atoms with Crippen molar-refractivity contribution in [2.45, 2.75) is 25.5 Å². The van der Waals surface area contributed by atoms with Crippen LogP contribution in [-0.2, 0) is 16.6 Å². The highest BCUT2D eigenvalue weighted by atomic mass is 19.1. The summed E-state index contributed by atoms with van der Waals surface area (Å²) >= 11 is 0. The van der Waals surface area contributed by atoms with Gasteiger partial charge in [0.25, 0.3) is 0 Å². The molecule has 0 unspecified atom stereocenters. The van der Waals surface area contributed by atoms with Gasteiger partial charge in [-0.05, 0) is 42.7 Å². The van der Waals surface area contributed by atoms with Gasteiger partial charge in [-0.1, -0.05) is 12.1 Å². The van der Waals surface area contributed by atoms with E-state index in [4.69, 9.17) is 25.3 Å². The summed E-state index contributed by atoms with van der Waals surface area (Å²) in [5.41, 5.74) is 12.3. The number of nitrogens with zero attached hydrogens (tertiary/aromatic N) is 5. The molecule has 1 aliphatic rings. The van der Waals surface area contributed by atoms with Crippen LogP contribution in [-0.4, -0.2) is 61.2 Å². The summed E-state index contributed by atoms with van der Waals surface area (Å²) in [5.74, 6) is -0.827. The number of benzene rings is 2. The van der Waals surface area contributed by atoms with E-state index < -0.39 is 17.7 Å². The van der Waals surface area contributed by atoms with Crippen molar-refractivity contribution in [3.05, 3.63) is 72.2 Å². The lowest BCUT2D eigenvalue weighted by Gasteiger charge is -2.38. The number of imidazole rings is 1. The molecule has 1 saturated heterocycles. The van der Waals surface area contributed by atoms with Gasteiger partial charge in [-0.15, -0.1) is 0 Å². The molecule has 4 N–H and O–H groups in total. The number of aryl methyl sites for hydroxylation is 2. The number of hydrogen-bond acceptors (Lipinski definition) is 8. The van der Waals surface area contributed by atoms with Crippen LogP contribution in [0, 0.1) is 18.6 Å². The molecule has 4 heterocycles. The van der Waals surface area contributed by atoms with Crippen LogP contribution in [0.25, 0.3) is 44.8 Å². The maximum Gasteiger partial charge on any atom is 0.373 e. The van der Waals surface area contributed by atoms with Crippen LogP contribution in [0.5, 0.6) is 0 Å². The van der Waals surface area contributed by atoms with Crippen molar-refractivity contribution in [2.75, 3.05) is 18.0 Å². The fourth-order valence-corrected chi connectivity index (χ4v) is 5.18. The van der Waals surface area contributed by atoms with Gasteiger partial charge < -0.3 is 20.7 Å². The summed E-state index contributed by atoms with van der Waals surface area (Å²) in [6.07, 6.45) is 5.20. The third kappa shape index (κ3) is 5.48. The van der Waals surface area contributed by atoms with Crippen molar-refractivity contribution in [1.82, 2.24) is 24.7 Å². The number of aliphatic hydroxyl groups is 1. The number of H-pyrrole nitrogens is 1. The number of pyridine rings is 1. The molecule has 1 aliphatic heterocycles. The van der Waals surface area contributed by atoms with E-state index in [0.717, 1.165) is 28.2 Å². The molecule has 10 nitrogen and oxygen atoms in total. The molecule has 5 aromatic rings. The van der Waals surface area contributed by atoms with Crippen molar-refractivity contribution in [3.8, 4) is 33.8 Å². The number of β-amino-alcohol motifs (C(OH)–C–C–N with tert-alkyl or cyclic N) is 1. The van der Waals surface area contributed by atoms with Gasteiger partial charge in [0.2, 0.25) is 0 Å². The molecule has 0 spiro atoms. The molecule has 1 fully saturated rings. The lowest BCUT2D eigenvalue weighted by molar-refractivity contribution is -0.191. The van der Waals surface area contributed by atoms with E-state index in [0.29, 0.717) is 46.9 Å². The molecule has 0 aliphatic carbocycles. The molecular weight excluding hydrogens is 532 g/mol. The quantitative estimate of drug-likeness (QED) is 0.303. The van der Waals surface area contributed by atoms with Crippen LogP contribution in [0.3, 0.4) is 0 Å². The van der Waals surface area contributed by atoms with Gasteiger partial charge in [0, 0.05) is 55.8 Å². The van der Waals surface area contributed by atoms with Gasteiger partial charge in [0.05, 0.1) is 40.3 Å². The normalized spacial score (nSPS) is 16.8. The number of carbonyl (C=O) groups excluding carboxylic acids is 2. The minimum absolute atomic E-state index is 0.245. The highest BCUT2D eigenvalue weighted by Gasteiger charge is 2.31. The van der Waals surface area contributed by atoms with E-state index in [2.05, 4.69) is 10.1 Å². The number of hydrogen-bond donors (Lipinski definition) is 3. The number of aliphatic hydroxyl groups excluding tert-OH is 1. The van der Waals surface area contributed by atoms with Crippen LogP contribution in [0.1, 0.15) is 12.0 Å². The van der Waals surface area contributed by atoms with Crippen molar-refractivity contribution in [1.29, 1.82) is 0 Å². The van der Waals surface area contributed by atoms with Gasteiger partial charge in [-0.3, -0.25) is 9.67 Å². The predicted octanol–water partition coefficient (Wildman–Crippen LogP) is 3.59. The maximum atomic E-state index is 14.4. The molecule has 0 bridgehead atoms. The number of nitrogens with one attached hydrogen (secondary N) is 1. The van der Waals surface area contributed by atoms with Crippen molar-refractivity contribution in [2.24, 2.45) is 12.8 Å². The Kier molecular flexibility index (Phi) is 7.71. The number of piperidine rings is 1. The molecule has 41 heavy (non-hydrogen) atoms. The molecule has 0 saturated carbocycles. The van der Waals surface area contributed by atoms with Crippen LogP contribution >= 0.6 is 0 Å². The summed E-state index contributed by atoms with van der Waals surface area (Å²) < 4.78 is 30.5. The van der Waals surface area contributed by atoms with Gasteiger partial charge in [0.15, 0.2) is 0 Å². The Balaban J connectivity index is 0.00000108. The van der Waals surface area contributed by atoms with Crippen molar-refractivity contribution >= 4 is 22.9 Å². The maximum absolute atomic E-state index is 14.4. The summed E-state index contributed by atoms with van der Waals surface area (Å²) in [5, 5.41) is 15.1. The predicted molar refractivity (Wildman–Crippen MR) is 147 cm³/mol. The van der Waals surface area contributed by atoms with Crippen molar-refractivity contribution < 1.29 is 23.5 Å². The zero-order chi connectivity index (χ0) is 29.3. The fraction of sp³-hybridized carbons (Fsp3) is 0.241. The van der Waals surface area contributed by atoms with E-state index in [9.17, 15) is 13.9 Å². The largest absolute Gasteiger partial charge is 0.390 e. The smallest absolute Gasteiger partial charge is 0.373 e. The highest BCUT2D eigenvalue weighted by Crippen LogP contribution is 2.45. The van der Waals surface area contributed by atoms with E-state index >= 15 is 0 Å². The zero-order valence-electron chi connectivity index (χ0n) is 22.3. The van der Waals surface area contributed by atoms with Gasteiger partial charge in [-0.2, -0.15) is 14.7 Å². The molecule has 0 radical (unpaired) electrons. The fourth-order valence-electron chi connectivity index (χ4n) is 5.18. The molecule has 0 amide bonds. The molecule has 3 aromatic heterocycles. The van der Waals surface area contributed by atoms with Crippen LogP contribution < -0.4 is 10.6 Å². The van der Waals surface area contributed by atoms with Crippen LogP contribution in [0.15, 0.2) is 55.0 Å². The minimum atomic E-state index is -0.776. The molecule has 12 heteroatoms. The van der Waals surface area contributed by atoms with E-state index in [1.807, 2.05) is 43.3 Å². The van der Waals surface area contributed by atoms with Gasteiger partial charge in [-0.25, -0.2) is 13.8 Å². The number of halogens is 2. The zero-order valence-corrected chi connectivity index (χ0v) is 22.3. The van der Waals surface area contributed by atoms with E-state index in [1.165, 1.54) is 12.1 Å². The highest BCUT2D eigenvalue weighted by molar-refractivity contribution is 5.97. The number of aromatic nitrogens is 5. The lowest BCUT2D eigenvalue weighted by Crippen LogP contribution is -2.50. The first-order valence-electron chi connectivity index (χ1n) is 12.8. The van der Waals surface area contributed by atoms with Crippen molar-refractivity contribution in [3.63, 3.8) is 0 Å². The Morgan fingerprint density at radius 3 is 2.49 bits per heavy atom. The third-order valence-corrected chi connectivity index (χ3v) is 7.10. The second-order valence-corrected chi connectivity index (χ2v) is 9.91. The average molecular weight is 560 g/mol. The monoisotopic (exact) mass is 559 g/mol. The summed E-state index contributed by atoms with van der Waals surface area (Å²) in [4.78, 5) is 31.4. The Labute approximate surface area is 233 Å². The first-order valence-corrected chi connectivity index (χ1v) is 12.8. The summed E-state index contributed by atoms with van der Waals surface area (Å²) in [7, 11) is 1.82. The Morgan fingerprint density at radius 2 is 1.85 bits per heavy atom. The van der Waals surface area contributed by atoms with Gasteiger partial charge >= 0.3 is 6.15 Å². The number of aromatic amines is 1. The Morgan fingerprint density at radius 1 is 1.12 bits per heavy atom. The number of rotatable bonds is 4. The average Bonchev–Trinajstić information content (AvgIpc) is 3.56. The summed E-state index contributed by atoms with van der Waals surface area (Å²) in [6, 6.07) is 8.94. The number of anilines is 1. The number of fused-ring (bicyclic) bond motifs is 1. The molecule has 2 atom stereocenters. The first-order chi connectivity index (χ1) is 19.7. The standard InChI is InChI=1S/C28H27F2N7O.CO2/c1-15-4-3-5-22-25(15)35-28(34-22)24-26(17-11-33-36(2)13-17)32-12-20(16-8-18(29)10-19(30)9-16)27(24)37-7-6-21(31)23(38)14-37;2-1-3/h3-5,8-13,21,23,38H,6-7,14,31H2,1-2H3,(H,34,35);/t21-,23+;/m1./s1. The van der Waals surface area contributed by atoms with E-state index in [1.54, 1.807) is 17.1 Å². The van der Waals surface area contributed by atoms with Gasteiger partial charge in [0.1, 0.15) is 17.5 Å². The Hall–Kier alpha value is -4.77. The third-order valence-electron chi connectivity index (χ3n) is 7.10. The molecule has 210 valence electrons. The summed E-state index contributed by atoms with van der Waals surface area (Å²) in [6.45, 7) is 2.77. The second-order valence-electron chi connectivity index (χ2n) is 9.91. The SMILES string of the molecule is Cc1cccc2[nH]c(-c3c(-c4cnn(C)c4)ncc(-c4cc(F)cc(F)c4)c3N3CC[C@@H](N)[C@@H](O)C3)nc12.O=C=O. The topological polar surface area (TPSA) is 143 Å². The lowest BCUT2D eigenvalue weighted by atomic mass is 9.94. The molecule has 6 rings (SSSR count). The second kappa shape index (κ2) is 11.4. The first kappa shape index (κ1) is 27.8. The number of nitrogens with two attached hydrogens (primary N) is 1. The number of para-hydroxylation sites is 1. The Bertz CT molecular complexity index is 1740. The van der Waals surface area contributed by atoms with E-state index in [-0.39, 0.29) is 18.7 Å². The molecular formula is C29H27F2N7O3. The van der Waals surface area contributed by atoms with Crippen LogP contribution in [0.4, 0.5) is 14.5 Å². The van der Waals surface area contributed by atoms with Crippen LogP contribution in [0.2, 0.25) is 0 Å². The molecule has 2 aromatic carbocycles. The minimum Gasteiger partial charge on any atom is -0.390 e.